The normalized spacial score (nSPS) is 16.6. The summed E-state index contributed by atoms with van der Waals surface area (Å²) in [6.45, 7) is 4.88. The van der Waals surface area contributed by atoms with Crippen molar-refractivity contribution in [1.82, 2.24) is 20.4 Å². The van der Waals surface area contributed by atoms with E-state index in [1.165, 1.54) is 10.1 Å². The van der Waals surface area contributed by atoms with Crippen LogP contribution in [0.2, 0.25) is 0 Å². The number of rotatable bonds is 3. The van der Waals surface area contributed by atoms with Gasteiger partial charge >= 0.3 is 0 Å². The van der Waals surface area contributed by atoms with Crippen LogP contribution in [0.5, 0.6) is 0 Å². The van der Waals surface area contributed by atoms with Crippen LogP contribution in [-0.2, 0) is 6.54 Å². The molecule has 1 aliphatic rings. The molecule has 0 aliphatic carbocycles. The molecule has 2 aromatic heterocycles. The second kappa shape index (κ2) is 5.55. The highest BCUT2D eigenvalue weighted by atomic mass is 32.1. The Bertz CT molecular complexity index is 745. The van der Waals surface area contributed by atoms with E-state index in [-0.39, 0.29) is 0 Å². The molecule has 3 aromatic rings. The predicted molar refractivity (Wildman–Crippen MR) is 83.3 cm³/mol. The fraction of sp³-hybridized carbons (Fsp3) is 0.333. The van der Waals surface area contributed by atoms with Crippen molar-refractivity contribution in [3.63, 3.8) is 0 Å². The standard InChI is InChI=1S/C15H16N4OS/c1-2-4-13-11(3-1)12(10-21-13)15-17-14(18-20-15)9-19-7-5-16-6-8-19/h1-4,10,16H,5-9H2. The molecule has 0 unspecified atom stereocenters. The smallest absolute Gasteiger partial charge is 0.259 e. The largest absolute Gasteiger partial charge is 0.334 e. The fourth-order valence-corrected chi connectivity index (χ4v) is 3.57. The van der Waals surface area contributed by atoms with Crippen molar-refractivity contribution >= 4 is 21.4 Å². The van der Waals surface area contributed by atoms with Crippen molar-refractivity contribution in [2.45, 2.75) is 6.54 Å². The van der Waals surface area contributed by atoms with Crippen LogP contribution in [-0.4, -0.2) is 41.2 Å². The molecular weight excluding hydrogens is 284 g/mol. The molecule has 0 saturated carbocycles. The van der Waals surface area contributed by atoms with Crippen LogP contribution < -0.4 is 5.32 Å². The van der Waals surface area contributed by atoms with Crippen LogP contribution in [0.3, 0.4) is 0 Å². The molecule has 4 rings (SSSR count). The summed E-state index contributed by atoms with van der Waals surface area (Å²) in [7, 11) is 0. The lowest BCUT2D eigenvalue weighted by atomic mass is 10.2. The number of hydrogen-bond donors (Lipinski definition) is 1. The highest BCUT2D eigenvalue weighted by Crippen LogP contribution is 2.32. The molecule has 0 radical (unpaired) electrons. The number of hydrogen-bond acceptors (Lipinski definition) is 6. The van der Waals surface area contributed by atoms with Gasteiger partial charge in [0.15, 0.2) is 5.82 Å². The average molecular weight is 300 g/mol. The van der Waals surface area contributed by atoms with Crippen LogP contribution >= 0.6 is 11.3 Å². The molecule has 0 bridgehead atoms. The number of aromatic nitrogens is 2. The van der Waals surface area contributed by atoms with E-state index in [0.717, 1.165) is 44.1 Å². The summed E-state index contributed by atoms with van der Waals surface area (Å²) in [4.78, 5) is 6.91. The van der Waals surface area contributed by atoms with Crippen molar-refractivity contribution in [1.29, 1.82) is 0 Å². The van der Waals surface area contributed by atoms with Gasteiger partial charge in [0.2, 0.25) is 0 Å². The summed E-state index contributed by atoms with van der Waals surface area (Å²) in [5, 5.41) is 10.7. The van der Waals surface area contributed by atoms with Gasteiger partial charge in [-0.3, -0.25) is 4.90 Å². The molecule has 0 spiro atoms. The van der Waals surface area contributed by atoms with Crippen LogP contribution in [0.25, 0.3) is 21.5 Å². The molecule has 21 heavy (non-hydrogen) atoms. The van der Waals surface area contributed by atoms with Crippen LogP contribution in [0.15, 0.2) is 34.2 Å². The molecular formula is C15H16N4OS. The van der Waals surface area contributed by atoms with Gasteiger partial charge in [-0.1, -0.05) is 23.4 Å². The van der Waals surface area contributed by atoms with Crippen molar-refractivity contribution in [3.05, 3.63) is 35.5 Å². The first kappa shape index (κ1) is 12.9. The average Bonchev–Trinajstić information content (AvgIpc) is 3.14. The summed E-state index contributed by atoms with van der Waals surface area (Å²) in [5.41, 5.74) is 1.04. The maximum Gasteiger partial charge on any atom is 0.259 e. The van der Waals surface area contributed by atoms with E-state index in [0.29, 0.717) is 5.89 Å². The van der Waals surface area contributed by atoms with Crippen LogP contribution in [0, 0.1) is 0 Å². The second-order valence-corrected chi connectivity index (χ2v) is 6.10. The number of thiophene rings is 1. The minimum atomic E-state index is 0.623. The lowest BCUT2D eigenvalue weighted by Gasteiger charge is -2.25. The molecule has 3 heterocycles. The first-order chi connectivity index (χ1) is 10.4. The maximum atomic E-state index is 5.46. The summed E-state index contributed by atoms with van der Waals surface area (Å²) in [6.07, 6.45) is 0. The van der Waals surface area contributed by atoms with Gasteiger partial charge in [0.05, 0.1) is 12.1 Å². The Morgan fingerprint density at radius 3 is 3.00 bits per heavy atom. The van der Waals surface area contributed by atoms with Crippen molar-refractivity contribution in [2.24, 2.45) is 0 Å². The van der Waals surface area contributed by atoms with E-state index < -0.39 is 0 Å². The van der Waals surface area contributed by atoms with E-state index >= 15 is 0 Å². The maximum absolute atomic E-state index is 5.46. The zero-order chi connectivity index (χ0) is 14.1. The molecule has 108 valence electrons. The molecule has 1 saturated heterocycles. The molecule has 0 amide bonds. The van der Waals surface area contributed by atoms with Gasteiger partial charge in [0.1, 0.15) is 0 Å². The SMILES string of the molecule is c1ccc2c(-c3nc(CN4CCNCC4)no3)csc2c1. The minimum absolute atomic E-state index is 0.623. The van der Waals surface area contributed by atoms with Crippen molar-refractivity contribution in [3.8, 4) is 11.5 Å². The van der Waals surface area contributed by atoms with Gasteiger partial charge in [0, 0.05) is 41.6 Å². The van der Waals surface area contributed by atoms with Gasteiger partial charge in [-0.15, -0.1) is 11.3 Å². The molecule has 1 fully saturated rings. The summed E-state index contributed by atoms with van der Waals surface area (Å²) >= 11 is 1.71. The predicted octanol–water partition coefficient (Wildman–Crippen LogP) is 2.36. The lowest BCUT2D eigenvalue weighted by Crippen LogP contribution is -2.43. The molecule has 1 N–H and O–H groups in total. The zero-order valence-electron chi connectivity index (χ0n) is 11.6. The topological polar surface area (TPSA) is 54.2 Å². The van der Waals surface area contributed by atoms with E-state index in [2.05, 4.69) is 37.9 Å². The molecule has 5 nitrogen and oxygen atoms in total. The third-order valence-electron chi connectivity index (χ3n) is 3.75. The Morgan fingerprint density at radius 1 is 1.24 bits per heavy atom. The monoisotopic (exact) mass is 300 g/mol. The molecule has 1 aromatic carbocycles. The van der Waals surface area contributed by atoms with E-state index in [9.17, 15) is 0 Å². The highest BCUT2D eigenvalue weighted by molar-refractivity contribution is 7.17. The van der Waals surface area contributed by atoms with Crippen molar-refractivity contribution < 1.29 is 4.52 Å². The number of piperazine rings is 1. The van der Waals surface area contributed by atoms with Gasteiger partial charge < -0.3 is 9.84 Å². The van der Waals surface area contributed by atoms with E-state index in [4.69, 9.17) is 4.52 Å². The summed E-state index contributed by atoms with van der Waals surface area (Å²) in [6, 6.07) is 8.30. The fourth-order valence-electron chi connectivity index (χ4n) is 2.64. The Kier molecular flexibility index (Phi) is 3.42. The zero-order valence-corrected chi connectivity index (χ0v) is 12.4. The van der Waals surface area contributed by atoms with E-state index in [1.807, 2.05) is 12.1 Å². The summed E-state index contributed by atoms with van der Waals surface area (Å²) < 4.78 is 6.71. The van der Waals surface area contributed by atoms with E-state index in [1.54, 1.807) is 11.3 Å². The highest BCUT2D eigenvalue weighted by Gasteiger charge is 2.16. The Morgan fingerprint density at radius 2 is 2.10 bits per heavy atom. The first-order valence-electron chi connectivity index (χ1n) is 7.12. The van der Waals surface area contributed by atoms with Gasteiger partial charge in [-0.2, -0.15) is 4.98 Å². The number of benzene rings is 1. The quantitative estimate of drug-likeness (QED) is 0.805. The van der Waals surface area contributed by atoms with Gasteiger partial charge in [0.25, 0.3) is 5.89 Å². The molecule has 1 aliphatic heterocycles. The lowest BCUT2D eigenvalue weighted by molar-refractivity contribution is 0.225. The minimum Gasteiger partial charge on any atom is -0.334 e. The molecule has 0 atom stereocenters. The van der Waals surface area contributed by atoms with Crippen LogP contribution in [0.1, 0.15) is 5.82 Å². The van der Waals surface area contributed by atoms with Gasteiger partial charge in [-0.25, -0.2) is 0 Å². The molecule has 6 heteroatoms. The summed E-state index contributed by atoms with van der Waals surface area (Å²) in [5.74, 6) is 1.39. The Balaban J connectivity index is 1.59. The second-order valence-electron chi connectivity index (χ2n) is 5.19. The van der Waals surface area contributed by atoms with Crippen molar-refractivity contribution in [2.75, 3.05) is 26.2 Å². The number of nitrogens with one attached hydrogen (secondary N) is 1. The number of nitrogens with zero attached hydrogens (tertiary/aromatic N) is 3. The van der Waals surface area contributed by atoms with Gasteiger partial charge in [-0.05, 0) is 6.07 Å². The first-order valence-corrected chi connectivity index (χ1v) is 8.00. The number of fused-ring (bicyclic) bond motifs is 1. The van der Waals surface area contributed by atoms with Crippen LogP contribution in [0.4, 0.5) is 0 Å². The Hall–Kier alpha value is -1.76. The Labute approximate surface area is 126 Å². The third kappa shape index (κ3) is 2.57. The third-order valence-corrected chi connectivity index (χ3v) is 4.72.